The second-order valence-electron chi connectivity index (χ2n) is 5.95. The van der Waals surface area contributed by atoms with Crippen molar-refractivity contribution in [1.82, 2.24) is 15.1 Å². The van der Waals surface area contributed by atoms with Crippen LogP contribution in [0.5, 0.6) is 0 Å². The lowest BCUT2D eigenvalue weighted by Crippen LogP contribution is -2.54. The Morgan fingerprint density at radius 3 is 2.81 bits per heavy atom. The van der Waals surface area contributed by atoms with Gasteiger partial charge in [0.25, 0.3) is 0 Å². The number of carboxylic acids is 1. The number of amides is 2. The number of ether oxygens (including phenoxy) is 1. The van der Waals surface area contributed by atoms with Gasteiger partial charge in [0, 0.05) is 25.2 Å². The summed E-state index contributed by atoms with van der Waals surface area (Å²) in [4.78, 5) is 27.0. The minimum absolute atomic E-state index is 0.0784. The third-order valence-electron chi connectivity index (χ3n) is 4.27. The normalized spacial score (nSPS) is 24.0. The van der Waals surface area contributed by atoms with Crippen molar-refractivity contribution in [3.05, 3.63) is 0 Å². The summed E-state index contributed by atoms with van der Waals surface area (Å²) in [6.45, 7) is 3.85. The number of aliphatic carboxylic acids is 1. The van der Waals surface area contributed by atoms with Crippen LogP contribution in [0.15, 0.2) is 0 Å². The van der Waals surface area contributed by atoms with E-state index in [2.05, 4.69) is 24.2 Å². The summed E-state index contributed by atoms with van der Waals surface area (Å²) < 4.78 is 5.27. The first kappa shape index (κ1) is 16.0. The molecule has 2 unspecified atom stereocenters. The molecule has 0 spiro atoms. The maximum absolute atomic E-state index is 12.3. The highest BCUT2D eigenvalue weighted by Gasteiger charge is 2.31. The largest absolute Gasteiger partial charge is 0.481 e. The Balaban J connectivity index is 1.80. The number of carbonyl (C=O) groups is 2. The second kappa shape index (κ2) is 7.09. The van der Waals surface area contributed by atoms with Crippen molar-refractivity contribution in [2.24, 2.45) is 0 Å². The minimum Gasteiger partial charge on any atom is -0.481 e. The zero-order chi connectivity index (χ0) is 15.4. The third kappa shape index (κ3) is 4.57. The standard InChI is InChI=1S/C14H25N3O4/c1-10(16(2)11-3-4-11)8-15-14(20)17-5-6-21-9-12(17)7-13(18)19/h10-12H,3-9H2,1-2H3,(H,15,20)(H,18,19). The Morgan fingerprint density at radius 2 is 2.19 bits per heavy atom. The summed E-state index contributed by atoms with van der Waals surface area (Å²) in [6.07, 6.45) is 2.39. The van der Waals surface area contributed by atoms with Crippen molar-refractivity contribution in [2.75, 3.05) is 33.4 Å². The minimum atomic E-state index is -0.912. The summed E-state index contributed by atoms with van der Waals surface area (Å²) >= 11 is 0. The monoisotopic (exact) mass is 299 g/mol. The van der Waals surface area contributed by atoms with Crippen LogP contribution in [0.4, 0.5) is 4.79 Å². The summed E-state index contributed by atoms with van der Waals surface area (Å²) in [5.41, 5.74) is 0. The highest BCUT2D eigenvalue weighted by Crippen LogP contribution is 2.26. The molecule has 0 aromatic carbocycles. The lowest BCUT2D eigenvalue weighted by Gasteiger charge is -2.35. The fraction of sp³-hybridized carbons (Fsp3) is 0.857. The molecule has 1 heterocycles. The van der Waals surface area contributed by atoms with Gasteiger partial charge < -0.3 is 20.1 Å². The number of rotatable bonds is 6. The van der Waals surface area contributed by atoms with E-state index in [1.807, 2.05) is 0 Å². The summed E-state index contributed by atoms with van der Waals surface area (Å²) in [5, 5.41) is 11.8. The Morgan fingerprint density at radius 1 is 1.48 bits per heavy atom. The van der Waals surface area contributed by atoms with Crippen LogP contribution in [-0.4, -0.2) is 78.4 Å². The molecule has 7 nitrogen and oxygen atoms in total. The van der Waals surface area contributed by atoms with Gasteiger partial charge in [-0.15, -0.1) is 0 Å². The van der Waals surface area contributed by atoms with Gasteiger partial charge in [-0.1, -0.05) is 0 Å². The first-order valence-corrected chi connectivity index (χ1v) is 7.55. The fourth-order valence-electron chi connectivity index (χ4n) is 2.62. The van der Waals surface area contributed by atoms with Crippen LogP contribution in [0.1, 0.15) is 26.2 Å². The quantitative estimate of drug-likeness (QED) is 0.740. The molecule has 2 amide bonds. The predicted octanol–water partition coefficient (Wildman–Crippen LogP) is 0.354. The molecular weight excluding hydrogens is 274 g/mol. The average Bonchev–Trinajstić information content (AvgIpc) is 3.28. The van der Waals surface area contributed by atoms with Crippen LogP contribution in [0, 0.1) is 0 Å². The first-order chi connectivity index (χ1) is 9.99. The summed E-state index contributed by atoms with van der Waals surface area (Å²) in [6, 6.07) is 0.355. The van der Waals surface area contributed by atoms with Crippen molar-refractivity contribution in [3.63, 3.8) is 0 Å². The second-order valence-corrected chi connectivity index (χ2v) is 5.95. The van der Waals surface area contributed by atoms with Gasteiger partial charge in [0.1, 0.15) is 0 Å². The van der Waals surface area contributed by atoms with E-state index in [0.29, 0.717) is 25.7 Å². The van der Waals surface area contributed by atoms with Gasteiger partial charge in [0.15, 0.2) is 0 Å². The Hall–Kier alpha value is -1.34. The Bertz CT molecular complexity index is 386. The van der Waals surface area contributed by atoms with Gasteiger partial charge in [-0.05, 0) is 26.8 Å². The van der Waals surface area contributed by atoms with Gasteiger partial charge in [0.2, 0.25) is 0 Å². The van der Waals surface area contributed by atoms with Gasteiger partial charge in [-0.2, -0.15) is 0 Å². The number of nitrogens with zero attached hydrogens (tertiary/aromatic N) is 2. The third-order valence-corrected chi connectivity index (χ3v) is 4.27. The number of nitrogens with one attached hydrogen (secondary N) is 1. The van der Waals surface area contributed by atoms with E-state index >= 15 is 0 Å². The molecule has 0 aromatic heterocycles. The van der Waals surface area contributed by atoms with Crippen molar-refractivity contribution >= 4 is 12.0 Å². The molecule has 1 aliphatic heterocycles. The lowest BCUT2D eigenvalue weighted by molar-refractivity contribution is -0.139. The first-order valence-electron chi connectivity index (χ1n) is 7.55. The van der Waals surface area contributed by atoms with E-state index in [1.165, 1.54) is 12.8 Å². The molecule has 120 valence electrons. The summed E-state index contributed by atoms with van der Waals surface area (Å²) in [7, 11) is 2.08. The molecular formula is C14H25N3O4. The Labute approximate surface area is 125 Å². The number of morpholine rings is 1. The molecule has 2 fully saturated rings. The number of carboxylic acid groups (broad SMARTS) is 1. The van der Waals surface area contributed by atoms with E-state index in [-0.39, 0.29) is 31.1 Å². The lowest BCUT2D eigenvalue weighted by atomic mass is 10.1. The van der Waals surface area contributed by atoms with Crippen LogP contribution < -0.4 is 5.32 Å². The molecule has 0 aromatic rings. The highest BCUT2D eigenvalue weighted by atomic mass is 16.5. The van der Waals surface area contributed by atoms with Crippen molar-refractivity contribution in [2.45, 2.75) is 44.3 Å². The average molecular weight is 299 g/mol. The molecule has 1 saturated carbocycles. The molecule has 2 N–H and O–H groups in total. The van der Waals surface area contributed by atoms with Crippen molar-refractivity contribution in [3.8, 4) is 0 Å². The predicted molar refractivity (Wildman–Crippen MR) is 77.2 cm³/mol. The molecule has 7 heteroatoms. The molecule has 2 aliphatic rings. The molecule has 0 radical (unpaired) electrons. The molecule has 21 heavy (non-hydrogen) atoms. The number of hydrogen-bond donors (Lipinski definition) is 2. The Kier molecular flexibility index (Phi) is 5.41. The summed E-state index contributed by atoms with van der Waals surface area (Å²) in [5.74, 6) is -0.912. The van der Waals surface area contributed by atoms with Crippen LogP contribution in [0.3, 0.4) is 0 Å². The number of carbonyl (C=O) groups excluding carboxylic acids is 1. The number of likely N-dealkylation sites (N-methyl/N-ethyl adjacent to an activating group) is 1. The zero-order valence-corrected chi connectivity index (χ0v) is 12.7. The fourth-order valence-corrected chi connectivity index (χ4v) is 2.62. The van der Waals surface area contributed by atoms with Crippen LogP contribution >= 0.6 is 0 Å². The van der Waals surface area contributed by atoms with Gasteiger partial charge >= 0.3 is 12.0 Å². The maximum Gasteiger partial charge on any atom is 0.317 e. The van der Waals surface area contributed by atoms with E-state index < -0.39 is 5.97 Å². The van der Waals surface area contributed by atoms with Crippen LogP contribution in [-0.2, 0) is 9.53 Å². The van der Waals surface area contributed by atoms with Gasteiger partial charge in [-0.3, -0.25) is 9.69 Å². The van der Waals surface area contributed by atoms with E-state index in [9.17, 15) is 9.59 Å². The molecule has 1 aliphatic carbocycles. The topological polar surface area (TPSA) is 82.1 Å². The van der Waals surface area contributed by atoms with Crippen molar-refractivity contribution < 1.29 is 19.4 Å². The maximum atomic E-state index is 12.3. The molecule has 2 atom stereocenters. The van der Waals surface area contributed by atoms with E-state index in [4.69, 9.17) is 9.84 Å². The van der Waals surface area contributed by atoms with Gasteiger partial charge in [-0.25, -0.2) is 4.79 Å². The number of hydrogen-bond acceptors (Lipinski definition) is 4. The van der Waals surface area contributed by atoms with E-state index in [0.717, 1.165) is 0 Å². The zero-order valence-electron chi connectivity index (χ0n) is 12.7. The van der Waals surface area contributed by atoms with Crippen molar-refractivity contribution in [1.29, 1.82) is 0 Å². The van der Waals surface area contributed by atoms with E-state index in [1.54, 1.807) is 4.90 Å². The smallest absolute Gasteiger partial charge is 0.317 e. The van der Waals surface area contributed by atoms with Crippen LogP contribution in [0.25, 0.3) is 0 Å². The molecule has 2 rings (SSSR count). The number of urea groups is 1. The SMILES string of the molecule is CC(CNC(=O)N1CCOCC1CC(=O)O)N(C)C1CC1. The van der Waals surface area contributed by atoms with Crippen LogP contribution in [0.2, 0.25) is 0 Å². The molecule has 0 bridgehead atoms. The molecule has 1 saturated heterocycles. The van der Waals surface area contributed by atoms with Gasteiger partial charge in [0.05, 0.1) is 25.7 Å². The highest BCUT2D eigenvalue weighted by molar-refractivity contribution is 5.76.